The molecule has 0 radical (unpaired) electrons. The van der Waals surface area contributed by atoms with Gasteiger partial charge in [-0.05, 0) is 55.8 Å². The minimum Gasteiger partial charge on any atom is -0.391 e. The average Bonchev–Trinajstić information content (AvgIpc) is 3.40. The maximum atomic E-state index is 13.0. The quantitative estimate of drug-likeness (QED) is 0.483. The molecule has 1 atom stereocenters. The van der Waals surface area contributed by atoms with Crippen molar-refractivity contribution in [1.29, 1.82) is 0 Å². The van der Waals surface area contributed by atoms with Gasteiger partial charge in [-0.3, -0.25) is 9.36 Å². The Kier molecular flexibility index (Phi) is 4.56. The lowest BCUT2D eigenvalue weighted by molar-refractivity contribution is -0.137. The van der Waals surface area contributed by atoms with E-state index >= 15 is 0 Å². The number of amides is 1. The Morgan fingerprint density at radius 2 is 1.94 bits per heavy atom. The Morgan fingerprint density at radius 3 is 2.58 bits per heavy atom. The van der Waals surface area contributed by atoms with Crippen molar-refractivity contribution in [3.05, 3.63) is 58.6 Å². The first-order valence-corrected chi connectivity index (χ1v) is 10.6. The van der Waals surface area contributed by atoms with E-state index in [0.29, 0.717) is 36.4 Å². The Hall–Kier alpha value is -2.91. The van der Waals surface area contributed by atoms with Crippen LogP contribution in [0.3, 0.4) is 0 Å². The van der Waals surface area contributed by atoms with Crippen molar-refractivity contribution >= 4 is 38.5 Å². The number of likely N-dealkylation sites (tertiary alicyclic amines) is 1. The van der Waals surface area contributed by atoms with Gasteiger partial charge in [0.1, 0.15) is 0 Å². The smallest absolute Gasteiger partial charge is 0.391 e. The van der Waals surface area contributed by atoms with Gasteiger partial charge in [0.25, 0.3) is 5.91 Å². The summed E-state index contributed by atoms with van der Waals surface area (Å²) >= 11 is 1.48. The number of aromatic nitrogens is 2. The van der Waals surface area contributed by atoms with Gasteiger partial charge < -0.3 is 10.0 Å². The first kappa shape index (κ1) is 20.0. The molecule has 0 aliphatic carbocycles. The molecule has 0 spiro atoms. The Labute approximate surface area is 179 Å². The molecule has 1 fully saturated rings. The highest BCUT2D eigenvalue weighted by Crippen LogP contribution is 2.37. The molecule has 1 amide bonds. The van der Waals surface area contributed by atoms with Crippen LogP contribution in [-0.4, -0.2) is 44.7 Å². The van der Waals surface area contributed by atoms with E-state index in [9.17, 15) is 23.1 Å². The topological polar surface area (TPSA) is 58.4 Å². The largest absolute Gasteiger partial charge is 0.416 e. The van der Waals surface area contributed by atoms with Crippen LogP contribution in [0, 0.1) is 6.92 Å². The van der Waals surface area contributed by atoms with E-state index in [2.05, 4.69) is 4.98 Å². The molecule has 5 nitrogen and oxygen atoms in total. The molecule has 2 aromatic heterocycles. The highest BCUT2D eigenvalue weighted by molar-refractivity contribution is 7.19. The lowest BCUT2D eigenvalue weighted by atomic mass is 10.1. The first-order valence-electron chi connectivity index (χ1n) is 9.79. The molecule has 4 aromatic rings. The summed E-state index contributed by atoms with van der Waals surface area (Å²) < 4.78 is 41.6. The number of carbonyl (C=O) groups is 1. The van der Waals surface area contributed by atoms with E-state index in [-0.39, 0.29) is 5.91 Å². The van der Waals surface area contributed by atoms with Gasteiger partial charge in [0, 0.05) is 29.7 Å². The highest BCUT2D eigenvalue weighted by atomic mass is 32.1. The van der Waals surface area contributed by atoms with Gasteiger partial charge in [-0.1, -0.05) is 0 Å². The minimum absolute atomic E-state index is 0.143. The summed E-state index contributed by atoms with van der Waals surface area (Å²) in [6.45, 7) is 2.70. The SMILES string of the molecule is Cc1nc2c(s1)c1cc(C(=O)N3CC[C@H](O)C3)ccc1n2-c1ccc(C(F)(F)F)cc1. The molecule has 160 valence electrons. The van der Waals surface area contributed by atoms with Crippen LogP contribution in [-0.2, 0) is 6.18 Å². The second-order valence-corrected chi connectivity index (χ2v) is 8.89. The molecule has 1 saturated heterocycles. The van der Waals surface area contributed by atoms with Gasteiger partial charge >= 0.3 is 6.18 Å². The molecule has 5 rings (SSSR count). The summed E-state index contributed by atoms with van der Waals surface area (Å²) in [6.07, 6.45) is -4.33. The summed E-state index contributed by atoms with van der Waals surface area (Å²) in [4.78, 5) is 19.1. The number of fused-ring (bicyclic) bond motifs is 3. The number of halogens is 3. The number of alkyl halides is 3. The minimum atomic E-state index is -4.40. The number of aliphatic hydroxyl groups is 1. The second kappa shape index (κ2) is 7.06. The van der Waals surface area contributed by atoms with Crippen LogP contribution in [0.2, 0.25) is 0 Å². The fourth-order valence-electron chi connectivity index (χ4n) is 4.07. The van der Waals surface area contributed by atoms with E-state index < -0.39 is 17.8 Å². The molecule has 0 unspecified atom stereocenters. The van der Waals surface area contributed by atoms with Crippen LogP contribution < -0.4 is 0 Å². The Balaban J connectivity index is 1.64. The number of rotatable bonds is 2. The molecule has 3 heterocycles. The first-order chi connectivity index (χ1) is 14.7. The second-order valence-electron chi connectivity index (χ2n) is 7.69. The van der Waals surface area contributed by atoms with Crippen LogP contribution in [0.4, 0.5) is 13.2 Å². The van der Waals surface area contributed by atoms with E-state index in [0.717, 1.165) is 32.7 Å². The van der Waals surface area contributed by atoms with E-state index in [4.69, 9.17) is 0 Å². The summed E-state index contributed by atoms with van der Waals surface area (Å²) in [6, 6.07) is 10.3. The van der Waals surface area contributed by atoms with Gasteiger partial charge in [-0.25, -0.2) is 4.98 Å². The predicted molar refractivity (Wildman–Crippen MR) is 113 cm³/mol. The zero-order chi connectivity index (χ0) is 21.9. The molecule has 0 saturated carbocycles. The molecule has 2 aromatic carbocycles. The molecular formula is C22H18F3N3O2S. The molecule has 1 aliphatic rings. The number of carbonyl (C=O) groups excluding carboxylic acids is 1. The lowest BCUT2D eigenvalue weighted by Crippen LogP contribution is -2.29. The van der Waals surface area contributed by atoms with Gasteiger partial charge in [-0.15, -0.1) is 11.3 Å². The summed E-state index contributed by atoms with van der Waals surface area (Å²) in [5.41, 5.74) is 1.79. The Bertz CT molecular complexity index is 1310. The maximum absolute atomic E-state index is 13.0. The number of aliphatic hydroxyl groups excluding tert-OH is 1. The van der Waals surface area contributed by atoms with Crippen LogP contribution in [0.25, 0.3) is 26.9 Å². The summed E-state index contributed by atoms with van der Waals surface area (Å²) in [5, 5.41) is 11.4. The molecular weight excluding hydrogens is 427 g/mol. The van der Waals surface area contributed by atoms with Crippen molar-refractivity contribution in [1.82, 2.24) is 14.5 Å². The third-order valence-electron chi connectivity index (χ3n) is 5.56. The van der Waals surface area contributed by atoms with Crippen molar-refractivity contribution in [3.63, 3.8) is 0 Å². The zero-order valence-corrected chi connectivity index (χ0v) is 17.3. The number of β-amino-alcohol motifs (C(OH)–C–C–N with tert-alkyl or cyclic N) is 1. The van der Waals surface area contributed by atoms with E-state index in [1.165, 1.54) is 23.5 Å². The number of hydrogen-bond donors (Lipinski definition) is 1. The van der Waals surface area contributed by atoms with Crippen LogP contribution in [0.15, 0.2) is 42.5 Å². The monoisotopic (exact) mass is 445 g/mol. The summed E-state index contributed by atoms with van der Waals surface area (Å²) in [5.74, 6) is -0.143. The van der Waals surface area contributed by atoms with Gasteiger partial charge in [0.15, 0.2) is 5.65 Å². The van der Waals surface area contributed by atoms with E-state index in [1.807, 2.05) is 17.6 Å². The number of thiazole rings is 1. The van der Waals surface area contributed by atoms with Gasteiger partial charge in [0.2, 0.25) is 0 Å². The molecule has 0 bridgehead atoms. The van der Waals surface area contributed by atoms with Crippen LogP contribution in [0.1, 0.15) is 27.3 Å². The van der Waals surface area contributed by atoms with Crippen molar-refractivity contribution < 1.29 is 23.1 Å². The normalized spacial score (nSPS) is 17.2. The Morgan fingerprint density at radius 1 is 1.19 bits per heavy atom. The third-order valence-corrected chi connectivity index (χ3v) is 6.55. The predicted octanol–water partition coefficient (Wildman–Crippen LogP) is 4.77. The molecule has 1 N–H and O–H groups in total. The van der Waals surface area contributed by atoms with Crippen LogP contribution in [0.5, 0.6) is 0 Å². The molecule has 1 aliphatic heterocycles. The van der Waals surface area contributed by atoms with E-state index in [1.54, 1.807) is 17.0 Å². The van der Waals surface area contributed by atoms with Crippen LogP contribution >= 0.6 is 11.3 Å². The third kappa shape index (κ3) is 3.37. The zero-order valence-electron chi connectivity index (χ0n) is 16.5. The average molecular weight is 445 g/mol. The fourth-order valence-corrected chi connectivity index (χ4v) is 5.00. The van der Waals surface area contributed by atoms with Gasteiger partial charge in [-0.2, -0.15) is 13.2 Å². The molecule has 31 heavy (non-hydrogen) atoms. The fraction of sp³-hybridized carbons (Fsp3) is 0.273. The lowest BCUT2D eigenvalue weighted by Gasteiger charge is -2.15. The number of nitrogens with zero attached hydrogens (tertiary/aromatic N) is 3. The molecule has 9 heteroatoms. The number of benzene rings is 2. The van der Waals surface area contributed by atoms with Crippen molar-refractivity contribution in [3.8, 4) is 5.69 Å². The highest BCUT2D eigenvalue weighted by Gasteiger charge is 2.30. The number of hydrogen-bond acceptors (Lipinski definition) is 4. The van der Waals surface area contributed by atoms with Crippen molar-refractivity contribution in [2.24, 2.45) is 0 Å². The van der Waals surface area contributed by atoms with Crippen molar-refractivity contribution in [2.75, 3.05) is 13.1 Å². The summed E-state index contributed by atoms with van der Waals surface area (Å²) in [7, 11) is 0. The number of aryl methyl sites for hydroxylation is 1. The van der Waals surface area contributed by atoms with Gasteiger partial charge in [0.05, 0.1) is 26.9 Å². The standard InChI is InChI=1S/C22H18F3N3O2S/c1-12-26-20-19(31-12)17-10-13(21(30)27-9-8-16(29)11-27)2-7-18(17)28(20)15-5-3-14(4-6-15)22(23,24)25/h2-7,10,16,29H,8-9,11H2,1H3/t16-/m0/s1. The van der Waals surface area contributed by atoms with Crippen molar-refractivity contribution in [2.45, 2.75) is 25.6 Å². The maximum Gasteiger partial charge on any atom is 0.416 e.